The summed E-state index contributed by atoms with van der Waals surface area (Å²) in [6.45, 7) is 0.649. The highest BCUT2D eigenvalue weighted by atomic mass is 16.3. The minimum absolute atomic E-state index is 0.0766. The Labute approximate surface area is 172 Å². The first-order valence-corrected chi connectivity index (χ1v) is 10.1. The van der Waals surface area contributed by atoms with Gasteiger partial charge in [0.1, 0.15) is 0 Å². The van der Waals surface area contributed by atoms with Crippen LogP contribution in [-0.4, -0.2) is 31.4 Å². The second-order valence-corrected chi connectivity index (χ2v) is 7.72. The van der Waals surface area contributed by atoms with Gasteiger partial charge >= 0.3 is 5.69 Å². The smallest absolute Gasteiger partial charge is 0.346 e. The summed E-state index contributed by atoms with van der Waals surface area (Å²) in [4.78, 5) is 25.3. The first-order chi connectivity index (χ1) is 14.6. The maximum atomic E-state index is 12.8. The number of hydrogen-bond donors (Lipinski definition) is 1. The summed E-state index contributed by atoms with van der Waals surface area (Å²) in [6.07, 6.45) is 5.80. The SMILES string of the molecule is Cn1cc(CC(=O)NCCn2nc(-c3ccco3)n(C3CC3)c2=O)c2ccccc21. The largest absolute Gasteiger partial charge is 0.461 e. The van der Waals surface area contributed by atoms with Gasteiger partial charge in [-0.2, -0.15) is 0 Å². The molecule has 1 amide bonds. The van der Waals surface area contributed by atoms with Gasteiger partial charge in [0.05, 0.1) is 19.2 Å². The van der Waals surface area contributed by atoms with Gasteiger partial charge in [0.25, 0.3) is 0 Å². The van der Waals surface area contributed by atoms with Crippen LogP contribution in [0.3, 0.4) is 0 Å². The molecule has 1 fully saturated rings. The highest BCUT2D eigenvalue weighted by Gasteiger charge is 2.31. The van der Waals surface area contributed by atoms with Gasteiger partial charge in [0.2, 0.25) is 11.7 Å². The number of amides is 1. The van der Waals surface area contributed by atoms with E-state index in [1.54, 1.807) is 23.0 Å². The number of carbonyl (C=O) groups is 1. The van der Waals surface area contributed by atoms with Crippen LogP contribution < -0.4 is 11.0 Å². The van der Waals surface area contributed by atoms with Crippen LogP contribution in [0.25, 0.3) is 22.5 Å². The minimum Gasteiger partial charge on any atom is -0.461 e. The number of furan rings is 1. The van der Waals surface area contributed by atoms with E-state index in [1.807, 2.05) is 42.1 Å². The van der Waals surface area contributed by atoms with E-state index in [4.69, 9.17) is 4.42 Å². The molecule has 0 aliphatic heterocycles. The fourth-order valence-electron chi connectivity index (χ4n) is 3.90. The fraction of sp³-hybridized carbons (Fsp3) is 0.318. The molecule has 4 aromatic rings. The van der Waals surface area contributed by atoms with Gasteiger partial charge in [0.15, 0.2) is 5.76 Å². The van der Waals surface area contributed by atoms with E-state index in [-0.39, 0.29) is 17.6 Å². The summed E-state index contributed by atoms with van der Waals surface area (Å²) in [5.74, 6) is 1.06. The standard InChI is InChI=1S/C22H23N5O3/c1-25-14-15(17-5-2-3-6-18(17)25)13-20(28)23-10-11-26-22(29)27(16-8-9-16)21(24-26)19-7-4-12-30-19/h2-7,12,14,16H,8-11,13H2,1H3,(H,23,28). The molecule has 0 bridgehead atoms. The average Bonchev–Trinajstić information content (AvgIpc) is 3.18. The molecule has 0 spiro atoms. The highest BCUT2D eigenvalue weighted by Crippen LogP contribution is 2.36. The van der Waals surface area contributed by atoms with Crippen LogP contribution >= 0.6 is 0 Å². The normalized spacial score (nSPS) is 13.8. The number of rotatable bonds is 7. The Bertz CT molecular complexity index is 1260. The molecule has 3 heterocycles. The number of para-hydroxylation sites is 1. The van der Waals surface area contributed by atoms with Gasteiger partial charge in [-0.3, -0.25) is 9.36 Å². The Morgan fingerprint density at radius 3 is 2.83 bits per heavy atom. The van der Waals surface area contributed by atoms with Crippen molar-refractivity contribution in [2.24, 2.45) is 7.05 Å². The highest BCUT2D eigenvalue weighted by molar-refractivity contribution is 5.89. The molecule has 1 aromatic carbocycles. The number of nitrogens with zero attached hydrogens (tertiary/aromatic N) is 4. The molecule has 0 radical (unpaired) electrons. The van der Waals surface area contributed by atoms with Gasteiger partial charge in [-0.25, -0.2) is 9.48 Å². The van der Waals surface area contributed by atoms with Crippen LogP contribution in [0.1, 0.15) is 24.4 Å². The Balaban J connectivity index is 1.26. The summed E-state index contributed by atoms with van der Waals surface area (Å²) in [6, 6.07) is 11.8. The molecule has 30 heavy (non-hydrogen) atoms. The quantitative estimate of drug-likeness (QED) is 0.512. The van der Waals surface area contributed by atoms with E-state index in [0.717, 1.165) is 29.3 Å². The van der Waals surface area contributed by atoms with Crippen molar-refractivity contribution in [2.45, 2.75) is 31.8 Å². The molecule has 5 rings (SSSR count). The number of nitrogens with one attached hydrogen (secondary N) is 1. The third-order valence-electron chi connectivity index (χ3n) is 5.50. The zero-order valence-corrected chi connectivity index (χ0v) is 16.7. The summed E-state index contributed by atoms with van der Waals surface area (Å²) >= 11 is 0. The molecule has 0 unspecified atom stereocenters. The minimum atomic E-state index is -0.160. The molecule has 0 atom stereocenters. The van der Waals surface area contributed by atoms with Crippen molar-refractivity contribution in [3.8, 4) is 11.6 Å². The Morgan fingerprint density at radius 1 is 1.23 bits per heavy atom. The molecule has 1 N–H and O–H groups in total. The first kappa shape index (κ1) is 18.5. The Hall–Kier alpha value is -3.55. The third-order valence-corrected chi connectivity index (χ3v) is 5.50. The number of aromatic nitrogens is 4. The number of benzene rings is 1. The first-order valence-electron chi connectivity index (χ1n) is 10.1. The summed E-state index contributed by atoms with van der Waals surface area (Å²) in [7, 11) is 1.98. The van der Waals surface area contributed by atoms with E-state index >= 15 is 0 Å². The zero-order chi connectivity index (χ0) is 20.7. The number of hydrogen-bond acceptors (Lipinski definition) is 4. The van der Waals surface area contributed by atoms with Gasteiger partial charge in [-0.05, 0) is 36.6 Å². The lowest BCUT2D eigenvalue weighted by molar-refractivity contribution is -0.120. The topological polar surface area (TPSA) is 87.0 Å². The number of carbonyl (C=O) groups excluding carboxylic acids is 1. The monoisotopic (exact) mass is 405 g/mol. The Morgan fingerprint density at radius 2 is 2.07 bits per heavy atom. The predicted octanol–water partition coefficient (Wildman–Crippen LogP) is 2.49. The molecule has 1 aliphatic rings. The van der Waals surface area contributed by atoms with Crippen molar-refractivity contribution in [1.29, 1.82) is 0 Å². The maximum Gasteiger partial charge on any atom is 0.346 e. The summed E-state index contributed by atoms with van der Waals surface area (Å²) in [5.41, 5.74) is 1.93. The van der Waals surface area contributed by atoms with Gasteiger partial charge in [-0.1, -0.05) is 18.2 Å². The predicted molar refractivity (Wildman–Crippen MR) is 112 cm³/mol. The lowest BCUT2D eigenvalue weighted by Crippen LogP contribution is -2.32. The van der Waals surface area contributed by atoms with E-state index in [0.29, 0.717) is 31.1 Å². The van der Waals surface area contributed by atoms with Crippen LogP contribution in [0.5, 0.6) is 0 Å². The van der Waals surface area contributed by atoms with Gasteiger partial charge in [0, 0.05) is 36.7 Å². The summed E-state index contributed by atoms with van der Waals surface area (Å²) < 4.78 is 10.6. The van der Waals surface area contributed by atoms with Gasteiger partial charge < -0.3 is 14.3 Å². The number of aryl methyl sites for hydroxylation is 1. The molecule has 8 nitrogen and oxygen atoms in total. The second-order valence-electron chi connectivity index (χ2n) is 7.72. The van der Waals surface area contributed by atoms with Crippen LogP contribution in [0.2, 0.25) is 0 Å². The van der Waals surface area contributed by atoms with Crippen LogP contribution in [0.4, 0.5) is 0 Å². The van der Waals surface area contributed by atoms with E-state index in [2.05, 4.69) is 10.4 Å². The van der Waals surface area contributed by atoms with Crippen molar-refractivity contribution < 1.29 is 9.21 Å². The molecule has 8 heteroatoms. The molecule has 0 saturated heterocycles. The van der Waals surface area contributed by atoms with Gasteiger partial charge in [-0.15, -0.1) is 5.10 Å². The second kappa shape index (κ2) is 7.37. The summed E-state index contributed by atoms with van der Waals surface area (Å²) in [5, 5.41) is 8.45. The molecule has 154 valence electrons. The van der Waals surface area contributed by atoms with E-state index < -0.39 is 0 Å². The van der Waals surface area contributed by atoms with Crippen molar-refractivity contribution in [2.75, 3.05) is 6.54 Å². The van der Waals surface area contributed by atoms with E-state index in [1.165, 1.54) is 4.68 Å². The molecular formula is C22H23N5O3. The number of fused-ring (bicyclic) bond motifs is 1. The van der Waals surface area contributed by atoms with Crippen molar-refractivity contribution in [3.05, 3.63) is 64.9 Å². The fourth-order valence-corrected chi connectivity index (χ4v) is 3.90. The zero-order valence-electron chi connectivity index (χ0n) is 16.7. The van der Waals surface area contributed by atoms with Crippen molar-refractivity contribution in [3.63, 3.8) is 0 Å². The molecular weight excluding hydrogens is 382 g/mol. The lowest BCUT2D eigenvalue weighted by Gasteiger charge is -2.04. The van der Waals surface area contributed by atoms with Crippen LogP contribution in [0.15, 0.2) is 58.1 Å². The van der Waals surface area contributed by atoms with Crippen molar-refractivity contribution in [1.82, 2.24) is 24.2 Å². The maximum absolute atomic E-state index is 12.8. The lowest BCUT2D eigenvalue weighted by atomic mass is 10.1. The van der Waals surface area contributed by atoms with Crippen LogP contribution in [0, 0.1) is 0 Å². The van der Waals surface area contributed by atoms with E-state index in [9.17, 15) is 9.59 Å². The van der Waals surface area contributed by atoms with Crippen LogP contribution in [-0.2, 0) is 24.8 Å². The third kappa shape index (κ3) is 3.34. The average molecular weight is 405 g/mol. The molecule has 1 aliphatic carbocycles. The molecule has 3 aromatic heterocycles. The van der Waals surface area contributed by atoms with Crippen molar-refractivity contribution >= 4 is 16.8 Å². The molecule has 1 saturated carbocycles. The Kier molecular flexibility index (Phi) is 4.54.